The van der Waals surface area contributed by atoms with Gasteiger partial charge in [-0.05, 0) is 49.5 Å². The molecule has 0 aliphatic carbocycles. The maximum atomic E-state index is 5.70. The Morgan fingerprint density at radius 1 is 1.39 bits per heavy atom. The Morgan fingerprint density at radius 3 is 2.89 bits per heavy atom. The van der Waals surface area contributed by atoms with E-state index in [1.165, 1.54) is 11.1 Å². The van der Waals surface area contributed by atoms with E-state index in [-0.39, 0.29) is 0 Å². The van der Waals surface area contributed by atoms with Gasteiger partial charge in [0.05, 0.1) is 6.54 Å². The number of thiophene rings is 1. The summed E-state index contributed by atoms with van der Waals surface area (Å²) in [5.74, 6) is 2.03. The lowest BCUT2D eigenvalue weighted by Gasteiger charge is -2.15. The molecular weight excluding hydrogens is 244 g/mol. The molecular formula is C14H20N2OS. The van der Waals surface area contributed by atoms with Gasteiger partial charge in [-0.2, -0.15) is 11.3 Å². The molecule has 2 rings (SSSR count). The topological polar surface area (TPSA) is 28.4 Å². The van der Waals surface area contributed by atoms with Crippen LogP contribution in [0.1, 0.15) is 22.6 Å². The van der Waals surface area contributed by atoms with E-state index in [2.05, 4.69) is 40.2 Å². The quantitative estimate of drug-likeness (QED) is 0.869. The molecule has 0 saturated heterocycles. The Morgan fingerprint density at radius 2 is 2.22 bits per heavy atom. The van der Waals surface area contributed by atoms with Crippen LogP contribution < -0.4 is 5.32 Å². The maximum Gasteiger partial charge on any atom is 0.118 e. The van der Waals surface area contributed by atoms with Gasteiger partial charge in [0.25, 0.3) is 0 Å². The first kappa shape index (κ1) is 13.3. The highest BCUT2D eigenvalue weighted by Gasteiger charge is 2.09. The van der Waals surface area contributed by atoms with Gasteiger partial charge in [0, 0.05) is 18.7 Å². The molecule has 0 atom stereocenters. The highest BCUT2D eigenvalue weighted by molar-refractivity contribution is 7.07. The number of furan rings is 1. The maximum absolute atomic E-state index is 5.70. The molecule has 0 unspecified atom stereocenters. The molecule has 3 nitrogen and oxygen atoms in total. The minimum atomic E-state index is 0.787. The van der Waals surface area contributed by atoms with Gasteiger partial charge >= 0.3 is 0 Å². The Labute approximate surface area is 112 Å². The van der Waals surface area contributed by atoms with E-state index in [0.29, 0.717) is 0 Å². The number of nitrogens with one attached hydrogen (secondary N) is 1. The first-order chi connectivity index (χ1) is 8.69. The average molecular weight is 264 g/mol. The zero-order valence-electron chi connectivity index (χ0n) is 11.2. The van der Waals surface area contributed by atoms with Crippen LogP contribution in [0.15, 0.2) is 27.3 Å². The third-order valence-electron chi connectivity index (χ3n) is 2.90. The molecule has 0 spiro atoms. The van der Waals surface area contributed by atoms with Crippen molar-refractivity contribution >= 4 is 11.3 Å². The smallest absolute Gasteiger partial charge is 0.118 e. The molecule has 4 heteroatoms. The normalized spacial score (nSPS) is 11.3. The lowest BCUT2D eigenvalue weighted by Crippen LogP contribution is -2.16. The Balaban J connectivity index is 1.95. The van der Waals surface area contributed by atoms with Gasteiger partial charge in [0.2, 0.25) is 0 Å². The summed E-state index contributed by atoms with van der Waals surface area (Å²) in [7, 11) is 4.07. The number of rotatable bonds is 6. The van der Waals surface area contributed by atoms with Crippen LogP contribution in [0.3, 0.4) is 0 Å². The SMILES string of the molecule is CNCc1cc(CN(C)Cc2ccsc2)c(C)o1. The number of aryl methyl sites for hydroxylation is 1. The summed E-state index contributed by atoms with van der Waals surface area (Å²) >= 11 is 1.75. The summed E-state index contributed by atoms with van der Waals surface area (Å²) < 4.78 is 5.70. The summed E-state index contributed by atoms with van der Waals surface area (Å²) in [5.41, 5.74) is 2.65. The molecule has 0 aliphatic rings. The summed E-state index contributed by atoms with van der Waals surface area (Å²) in [4.78, 5) is 2.31. The predicted molar refractivity (Wildman–Crippen MR) is 75.7 cm³/mol. The van der Waals surface area contributed by atoms with Crippen molar-refractivity contribution in [2.24, 2.45) is 0 Å². The van der Waals surface area contributed by atoms with Crippen molar-refractivity contribution in [2.45, 2.75) is 26.6 Å². The Hall–Kier alpha value is -1.10. The van der Waals surface area contributed by atoms with Crippen molar-refractivity contribution in [1.82, 2.24) is 10.2 Å². The molecule has 0 saturated carbocycles. The zero-order chi connectivity index (χ0) is 13.0. The van der Waals surface area contributed by atoms with Crippen LogP contribution in [-0.2, 0) is 19.6 Å². The largest absolute Gasteiger partial charge is 0.465 e. The van der Waals surface area contributed by atoms with Crippen molar-refractivity contribution in [3.05, 3.63) is 45.5 Å². The standard InChI is InChI=1S/C14H20N2OS/c1-11-13(6-14(17-11)7-15-2)9-16(3)8-12-4-5-18-10-12/h4-6,10,15H,7-9H2,1-3H3. The fourth-order valence-corrected chi connectivity index (χ4v) is 2.71. The average Bonchev–Trinajstić information content (AvgIpc) is 2.91. The first-order valence-corrected chi connectivity index (χ1v) is 7.05. The lowest BCUT2D eigenvalue weighted by molar-refractivity contribution is 0.316. The molecule has 0 aliphatic heterocycles. The number of nitrogens with zero attached hydrogens (tertiary/aromatic N) is 1. The monoisotopic (exact) mass is 264 g/mol. The van der Waals surface area contributed by atoms with Crippen LogP contribution in [0.2, 0.25) is 0 Å². The van der Waals surface area contributed by atoms with Crippen LogP contribution in [0.5, 0.6) is 0 Å². The molecule has 0 fully saturated rings. The minimum Gasteiger partial charge on any atom is -0.465 e. The number of hydrogen-bond acceptors (Lipinski definition) is 4. The van der Waals surface area contributed by atoms with Gasteiger partial charge in [-0.1, -0.05) is 0 Å². The van der Waals surface area contributed by atoms with Gasteiger partial charge in [-0.3, -0.25) is 4.90 Å². The summed E-state index contributed by atoms with van der Waals surface area (Å²) in [6.45, 7) is 4.73. The van der Waals surface area contributed by atoms with Crippen LogP contribution >= 0.6 is 11.3 Å². The molecule has 18 heavy (non-hydrogen) atoms. The van der Waals surface area contributed by atoms with E-state index in [0.717, 1.165) is 31.2 Å². The Bertz CT molecular complexity index is 476. The van der Waals surface area contributed by atoms with E-state index in [9.17, 15) is 0 Å². The van der Waals surface area contributed by atoms with Crippen LogP contribution in [-0.4, -0.2) is 19.0 Å². The second-order valence-corrected chi connectivity index (χ2v) is 5.41. The molecule has 2 heterocycles. The predicted octanol–water partition coefficient (Wildman–Crippen LogP) is 3.00. The highest BCUT2D eigenvalue weighted by Crippen LogP contribution is 2.17. The molecule has 0 amide bonds. The molecule has 98 valence electrons. The van der Waals surface area contributed by atoms with Gasteiger partial charge in [-0.25, -0.2) is 0 Å². The van der Waals surface area contributed by atoms with Crippen molar-refractivity contribution in [1.29, 1.82) is 0 Å². The minimum absolute atomic E-state index is 0.787. The molecule has 0 bridgehead atoms. The van der Waals surface area contributed by atoms with Crippen LogP contribution in [0.25, 0.3) is 0 Å². The second-order valence-electron chi connectivity index (χ2n) is 4.63. The lowest BCUT2D eigenvalue weighted by atomic mass is 10.2. The fraction of sp³-hybridized carbons (Fsp3) is 0.429. The van der Waals surface area contributed by atoms with E-state index < -0.39 is 0 Å². The van der Waals surface area contributed by atoms with Gasteiger partial charge < -0.3 is 9.73 Å². The molecule has 0 radical (unpaired) electrons. The van der Waals surface area contributed by atoms with Crippen LogP contribution in [0.4, 0.5) is 0 Å². The molecule has 2 aromatic rings. The van der Waals surface area contributed by atoms with E-state index in [4.69, 9.17) is 4.42 Å². The molecule has 2 aromatic heterocycles. The fourth-order valence-electron chi connectivity index (χ4n) is 2.05. The van der Waals surface area contributed by atoms with Gasteiger partial charge in [0.1, 0.15) is 11.5 Å². The highest BCUT2D eigenvalue weighted by atomic mass is 32.1. The van der Waals surface area contributed by atoms with Crippen LogP contribution in [0, 0.1) is 6.92 Å². The third kappa shape index (κ3) is 3.45. The first-order valence-electron chi connectivity index (χ1n) is 6.11. The van der Waals surface area contributed by atoms with Crippen molar-refractivity contribution < 1.29 is 4.42 Å². The summed E-state index contributed by atoms with van der Waals surface area (Å²) in [5, 5.41) is 7.43. The van der Waals surface area contributed by atoms with Crippen molar-refractivity contribution in [3.63, 3.8) is 0 Å². The number of hydrogen-bond donors (Lipinski definition) is 1. The molecule has 1 N–H and O–H groups in total. The summed E-state index contributed by atoms with van der Waals surface area (Å²) in [6, 6.07) is 4.33. The second kappa shape index (κ2) is 6.18. The summed E-state index contributed by atoms with van der Waals surface area (Å²) in [6.07, 6.45) is 0. The van der Waals surface area contributed by atoms with Crippen molar-refractivity contribution in [2.75, 3.05) is 14.1 Å². The van der Waals surface area contributed by atoms with Gasteiger partial charge in [0.15, 0.2) is 0 Å². The zero-order valence-corrected chi connectivity index (χ0v) is 12.0. The Kier molecular flexibility index (Phi) is 4.58. The van der Waals surface area contributed by atoms with E-state index in [1.807, 2.05) is 14.0 Å². The van der Waals surface area contributed by atoms with E-state index in [1.54, 1.807) is 11.3 Å². The van der Waals surface area contributed by atoms with Gasteiger partial charge in [-0.15, -0.1) is 0 Å². The molecule has 0 aromatic carbocycles. The van der Waals surface area contributed by atoms with Crippen molar-refractivity contribution in [3.8, 4) is 0 Å². The third-order valence-corrected chi connectivity index (χ3v) is 3.63. The van der Waals surface area contributed by atoms with E-state index >= 15 is 0 Å².